The van der Waals surface area contributed by atoms with Gasteiger partial charge in [0.25, 0.3) is 23.6 Å². The number of carbonyl (C=O) groups excluding carboxylic acids is 4. The first kappa shape index (κ1) is 97.2. The van der Waals surface area contributed by atoms with E-state index in [1.807, 2.05) is 0 Å². The molecule has 0 aliphatic rings. The predicted octanol–water partition coefficient (Wildman–Crippen LogP) is 9.32. The summed E-state index contributed by atoms with van der Waals surface area (Å²) >= 11 is 58.1. The zero-order valence-corrected chi connectivity index (χ0v) is 75.8. The molecule has 0 fully saturated rings. The highest BCUT2D eigenvalue weighted by Crippen LogP contribution is 2.42. The molecule has 8 rings (SSSR count). The van der Waals surface area contributed by atoms with Gasteiger partial charge >= 0.3 is 0 Å². The lowest BCUT2D eigenvalue weighted by Gasteiger charge is -2.20. The number of nitrogens with zero attached hydrogens (tertiary/aromatic N) is 2. The zero-order chi connectivity index (χ0) is 89.2. The van der Waals surface area contributed by atoms with Crippen LogP contribution < -0.4 is 75.1 Å². The Morgan fingerprint density at radius 2 is 0.702 bits per heavy atom. The summed E-state index contributed by atoms with van der Waals surface area (Å²) in [5.74, 6) is -5.93. The monoisotopic (exact) mass is 2140 g/mol. The molecule has 8 aromatic carbocycles. The minimum Gasteiger partial charge on any atom is -0.744 e. The number of phenols is 4. The fourth-order valence-electron chi connectivity index (χ4n) is 9.77. The normalized spacial score (nSPS) is 12.3. The summed E-state index contributed by atoms with van der Waals surface area (Å²) in [6.07, 6.45) is 6.22. The van der Waals surface area contributed by atoms with Crippen LogP contribution in [0.25, 0.3) is 24.3 Å². The van der Waals surface area contributed by atoms with Gasteiger partial charge in [-0.05, 0) is 232 Å². The Hall–Kier alpha value is -9.30. The molecule has 53 heteroatoms. The standard InChI is InChI=1S/C68H58Br4Cl4N16O21S8/c69-43-21-35(57(93)53(71)59(43)95)29-79-87-61(97)55(85-47-15-9-37(73)23-45(47)75)63(99)89-91-67(116)83-41-13-7-33(51(27-41)120(107,108)109)3-1-31-5-11-39(25-49(31)118(101,102)103)81-65(114)77-17-19-113-20-18-78-66(115)82-40-12-6-32(50(26-40)119(104,105)106)2-4-34-8-14-42(28-52(34)121(110,111)112)84-68(117)92-90-64(100)56(86-48-16-10-38(74)24-46(48)76)62(98)88-80-30-36-22-44(70)60(96)54(72)58(36)94/h1-16,21-30,55-56,85-86,93-96H,17-20H2,(H,87,97)(H,88,98)(H,89,99)(H,90,100)(H2,77,81,114)(H2,78,82,115)(H2,83,91,116)(H2,84,92,117)(H,101,102,103)(H,104,105,106)(H,107,108,109)(H,110,111,112)/p-4/b3-1+,4-2+,79-29+,80-30+. The molecule has 0 heterocycles. The number of ether oxygens (including phenoxy) is 1. The summed E-state index contributed by atoms with van der Waals surface area (Å²) in [4.78, 5) is 50.7. The Morgan fingerprint density at radius 3 is 0.992 bits per heavy atom. The van der Waals surface area contributed by atoms with Gasteiger partial charge in [-0.25, -0.2) is 44.5 Å². The molecular weight excluding hydrogens is 2090 g/mol. The van der Waals surface area contributed by atoms with Gasteiger partial charge in [-0.2, -0.15) is 10.2 Å². The van der Waals surface area contributed by atoms with E-state index in [9.17, 15) is 91.5 Å². The molecule has 37 nitrogen and oxygen atoms in total. The topological polar surface area (TPSA) is 580 Å². The van der Waals surface area contributed by atoms with Crippen LogP contribution in [0.15, 0.2) is 169 Å². The fraction of sp³-hybridized carbons (Fsp3) is 0.0882. The number of benzene rings is 8. The molecule has 0 aliphatic carbocycles. The zero-order valence-electron chi connectivity index (χ0n) is 59.9. The summed E-state index contributed by atoms with van der Waals surface area (Å²) in [6.45, 7) is 0.171. The van der Waals surface area contributed by atoms with Gasteiger partial charge in [-0.1, -0.05) is 95.0 Å². The Morgan fingerprint density at radius 1 is 0.405 bits per heavy atom. The van der Waals surface area contributed by atoms with Crippen LogP contribution in [0.4, 0.5) is 34.1 Å². The van der Waals surface area contributed by atoms with E-state index in [2.05, 4.69) is 149 Å². The van der Waals surface area contributed by atoms with E-state index in [1.54, 1.807) is 0 Å². The molecule has 2 atom stereocenters. The number of hydrazone groups is 2. The number of anilines is 6. The number of thiocarbonyl (C=S) groups is 4. The van der Waals surface area contributed by atoms with E-state index in [0.29, 0.717) is 0 Å². The van der Waals surface area contributed by atoms with Gasteiger partial charge in [0.15, 0.2) is 32.5 Å². The molecule has 0 aliphatic heterocycles. The molecule has 0 saturated carbocycles. The highest BCUT2D eigenvalue weighted by Gasteiger charge is 2.30. The number of hydrazine groups is 2. The van der Waals surface area contributed by atoms with E-state index < -0.39 is 117 Å². The van der Waals surface area contributed by atoms with Gasteiger partial charge in [0.2, 0.25) is 0 Å². The summed E-state index contributed by atoms with van der Waals surface area (Å²) in [5.41, 5.74) is 12.2. The SMILES string of the molecule is O=C(N/N=C/c1cc(Br)c(O)c(Br)c1O)C(Nc1ccc(Cl)cc1Cl)C(=O)NNC(=S)Nc1ccc(/C=C/c2ccc(NC(=S)NCCOCCNC(=S)Nc3ccc(/C=C/c4ccc(NC(=S)NNC(=O)C(Nc5ccc(Cl)cc5Cl)C(=O)N/N=C/c5cc(Br)c(O)c(Br)c5O)cc4S(=O)(=O)[O-])c(S(=O)(=O)[O-])c3)cc2S(=O)(=O)[O-])c(S(=O)(=O)[O-])c1. The molecule has 0 saturated heterocycles. The molecule has 4 amide bonds. The number of halogens is 8. The first-order valence-electron chi connectivity index (χ1n) is 32.8. The number of nitrogens with one attached hydrogen (secondary N) is 14. The van der Waals surface area contributed by atoms with E-state index in [0.717, 1.165) is 73.1 Å². The quantitative estimate of drug-likeness (QED) is 0.00379. The maximum atomic E-state index is 13.6. The lowest BCUT2D eigenvalue weighted by Crippen LogP contribution is -2.54. The van der Waals surface area contributed by atoms with Gasteiger partial charge in [0, 0.05) is 57.0 Å². The van der Waals surface area contributed by atoms with E-state index in [1.165, 1.54) is 84.9 Å². The van der Waals surface area contributed by atoms with E-state index in [-0.39, 0.29) is 154 Å². The van der Waals surface area contributed by atoms with Crippen LogP contribution in [0.2, 0.25) is 20.1 Å². The molecule has 640 valence electrons. The van der Waals surface area contributed by atoms with Crippen molar-refractivity contribution in [2.24, 2.45) is 10.2 Å². The van der Waals surface area contributed by atoms with Crippen LogP contribution >= 0.6 is 159 Å². The van der Waals surface area contributed by atoms with Crippen molar-refractivity contribution >= 4 is 314 Å². The van der Waals surface area contributed by atoms with Crippen molar-refractivity contribution in [2.45, 2.75) is 31.7 Å². The van der Waals surface area contributed by atoms with Crippen LogP contribution in [0.5, 0.6) is 23.0 Å². The van der Waals surface area contributed by atoms with Gasteiger partial charge in [0.1, 0.15) is 72.4 Å². The molecule has 0 radical (unpaired) electrons. The number of phenolic OH excluding ortho intramolecular Hbond substituents is 4. The first-order valence-corrected chi connectivity index (χ1v) is 44.8. The van der Waals surface area contributed by atoms with Crippen LogP contribution in [0.1, 0.15) is 33.4 Å². The van der Waals surface area contributed by atoms with Crippen LogP contribution in [-0.2, 0) is 64.4 Å². The number of rotatable bonds is 30. The fourth-order valence-corrected chi connectivity index (χ4v) is 16.6. The van der Waals surface area contributed by atoms with Crippen molar-refractivity contribution in [3.63, 3.8) is 0 Å². The van der Waals surface area contributed by atoms with E-state index in [4.69, 9.17) is 100 Å². The highest BCUT2D eigenvalue weighted by atomic mass is 79.9. The second kappa shape index (κ2) is 43.2. The van der Waals surface area contributed by atoms with Gasteiger partial charge in [0.05, 0.1) is 75.6 Å². The number of carbonyl (C=O) groups is 4. The largest absolute Gasteiger partial charge is 0.744 e. The molecule has 8 aromatic rings. The van der Waals surface area contributed by atoms with Gasteiger partial charge in [-0.3, -0.25) is 40.9 Å². The molecule has 121 heavy (non-hydrogen) atoms. The minimum absolute atomic E-state index is 0.00321. The summed E-state index contributed by atoms with van der Waals surface area (Å²) in [6, 6.07) is 20.4. The third-order valence-corrected chi connectivity index (χ3v) is 23.7. The van der Waals surface area contributed by atoms with Crippen molar-refractivity contribution in [3.8, 4) is 23.0 Å². The summed E-state index contributed by atoms with van der Waals surface area (Å²) < 4.78 is 157. The molecule has 2 unspecified atom stereocenters. The second-order valence-corrected chi connectivity index (χ2v) is 35.8. The Labute approximate surface area is 762 Å². The van der Waals surface area contributed by atoms with Crippen molar-refractivity contribution in [1.29, 1.82) is 0 Å². The Balaban J connectivity index is 0.798. The number of amides is 4. The maximum Gasteiger partial charge on any atom is 0.272 e. The average molecular weight is 2150 g/mol. The summed E-state index contributed by atoms with van der Waals surface area (Å²) in [5, 5.41) is 69.5. The van der Waals surface area contributed by atoms with Gasteiger partial charge in [-0.15, -0.1) is 0 Å². The number of hydrogen-bond donors (Lipinski definition) is 18. The molecule has 0 aromatic heterocycles. The highest BCUT2D eigenvalue weighted by molar-refractivity contribution is 9.11. The second-order valence-electron chi connectivity index (χ2n) is 23.8. The van der Waals surface area contributed by atoms with Crippen molar-refractivity contribution < 1.29 is 96.2 Å². The predicted molar refractivity (Wildman–Crippen MR) is 479 cm³/mol. The Kier molecular flexibility index (Phi) is 34.6. The molecule has 18 N–H and O–H groups in total. The lowest BCUT2D eigenvalue weighted by molar-refractivity contribution is -0.132. The first-order chi connectivity index (χ1) is 56.7. The number of hydrogen-bond acceptors (Lipinski definition) is 29. The smallest absolute Gasteiger partial charge is 0.272 e. The maximum absolute atomic E-state index is 13.6. The Bertz CT molecular complexity index is 5740. The van der Waals surface area contributed by atoms with Crippen LogP contribution in [0, 0.1) is 0 Å². The van der Waals surface area contributed by atoms with Gasteiger partial charge < -0.3 is 85.9 Å². The third-order valence-electron chi connectivity index (χ3n) is 15.4. The minimum atomic E-state index is -5.32. The lowest BCUT2D eigenvalue weighted by atomic mass is 10.1. The van der Waals surface area contributed by atoms with Crippen LogP contribution in [0.3, 0.4) is 0 Å². The molecule has 0 bridgehead atoms. The van der Waals surface area contributed by atoms with Crippen molar-refractivity contribution in [3.05, 3.63) is 193 Å². The van der Waals surface area contributed by atoms with E-state index >= 15 is 0 Å². The van der Waals surface area contributed by atoms with Crippen molar-refractivity contribution in [2.75, 3.05) is 58.2 Å². The third kappa shape index (κ3) is 28.4. The average Bonchev–Trinajstić information content (AvgIpc) is 0.612. The summed E-state index contributed by atoms with van der Waals surface area (Å²) in [7, 11) is -21.1. The van der Waals surface area contributed by atoms with Crippen LogP contribution in [-0.4, -0.2) is 167 Å². The molecule has 0 spiro atoms. The number of aromatic hydroxyl groups is 4. The molecular formula is C68H54Br4Cl4N16O21S8-4. The van der Waals surface area contributed by atoms with Crippen molar-refractivity contribution in [1.82, 2.24) is 43.2 Å².